The number of amides is 8. The maximum absolute atomic E-state index is 13.2. The van der Waals surface area contributed by atoms with Crippen LogP contribution in [0.2, 0.25) is 0 Å². The first-order valence-corrected chi connectivity index (χ1v) is 37.7. The maximum Gasteiger partial charge on any atom is 0.329 e. The molecule has 4 atom stereocenters. The monoisotopic (exact) mass is 1570 g/mol. The fourth-order valence-electron chi connectivity index (χ4n) is 8.90. The van der Waals surface area contributed by atoms with Gasteiger partial charge in [-0.2, -0.15) is 0 Å². The first kappa shape index (κ1) is 102. The van der Waals surface area contributed by atoms with E-state index in [1.807, 2.05) is 0 Å². The van der Waals surface area contributed by atoms with Crippen molar-refractivity contribution in [2.75, 3.05) is 145 Å². The van der Waals surface area contributed by atoms with Gasteiger partial charge in [0, 0.05) is 65.0 Å². The van der Waals surface area contributed by atoms with Crippen molar-refractivity contribution in [1.29, 1.82) is 0 Å². The zero-order chi connectivity index (χ0) is 82.5. The molecule has 0 spiro atoms. The van der Waals surface area contributed by atoms with Crippen molar-refractivity contribution < 1.29 is 124 Å². The first-order chi connectivity index (χ1) is 50.8. The minimum absolute atomic E-state index is 0.106. The second kappa shape index (κ2) is 56.1. The molecule has 0 aromatic carbocycles. The summed E-state index contributed by atoms with van der Waals surface area (Å²) in [7, 11) is 0. The number of carbonyl (C=O) groups is 12. The molecule has 0 bridgehead atoms. The zero-order valence-electron chi connectivity index (χ0n) is 68.5. The van der Waals surface area contributed by atoms with E-state index >= 15 is 0 Å². The number of esters is 6. The van der Waals surface area contributed by atoms with Gasteiger partial charge in [0.25, 0.3) is 0 Å². The third kappa shape index (κ3) is 65.3. The van der Waals surface area contributed by atoms with Crippen LogP contribution in [0, 0.1) is 0 Å². The van der Waals surface area contributed by atoms with Crippen molar-refractivity contribution in [3.05, 3.63) is 0 Å². The molecule has 0 heterocycles. The highest BCUT2D eigenvalue weighted by Crippen LogP contribution is 2.18. The van der Waals surface area contributed by atoms with Gasteiger partial charge in [0.2, 0.25) is 23.6 Å². The third-order valence-electron chi connectivity index (χ3n) is 13.5. The van der Waals surface area contributed by atoms with Gasteiger partial charge in [-0.15, -0.1) is 0 Å². The number of hydrogen-bond donors (Lipinski definition) is 9. The van der Waals surface area contributed by atoms with Crippen molar-refractivity contribution in [1.82, 2.24) is 47.9 Å². The Balaban J connectivity index is 4.08. The largest absolute Gasteiger partial charge is 0.460 e. The van der Waals surface area contributed by atoms with E-state index in [1.54, 1.807) is 125 Å². The molecule has 0 unspecified atom stereocenters. The van der Waals surface area contributed by atoms with Gasteiger partial charge in [-0.05, 0) is 176 Å². The highest BCUT2D eigenvalue weighted by atomic mass is 16.6. The quantitative estimate of drug-likeness (QED) is 0.0236. The Morgan fingerprint density at radius 1 is 0.248 bits per heavy atom. The predicted octanol–water partition coefficient (Wildman–Crippen LogP) is 3.98. The Bertz CT molecular complexity index is 2490. The second-order valence-electron chi connectivity index (χ2n) is 31.3. The summed E-state index contributed by atoms with van der Waals surface area (Å²) in [6.07, 6.45) is 1.94. The fraction of sp³-hybridized carbons (Fsp3) is 0.838. The van der Waals surface area contributed by atoms with Gasteiger partial charge in [0.1, 0.15) is 71.0 Å². The fourth-order valence-corrected chi connectivity index (χ4v) is 8.90. The summed E-state index contributed by atoms with van der Waals surface area (Å²) in [5, 5.41) is 24.4. The molecule has 0 saturated carbocycles. The average molecular weight is 1570 g/mol. The van der Waals surface area contributed by atoms with Crippen molar-refractivity contribution in [3.8, 4) is 0 Å². The highest BCUT2D eigenvalue weighted by molar-refractivity contribution is 5.89. The molecule has 109 heavy (non-hydrogen) atoms. The minimum Gasteiger partial charge on any atom is -0.460 e. The SMILES string of the molecule is CC(C)(C)OC(=O)CC[C@H](NC(=O)N[C@@H](CCCCNC(=O)COCCOCCOCCOCCNC(=O)CCNCCC(=O)NCCOCCOCCOCCOCC(=O)NCCCC[C@H](NC(=O)N[C@@H](CCC(=O)OC(C)(C)C)C(=O)OC(C)(C)C)C(=O)OC(C)(C)C)C(=O)OC(C)(C)C)C(=O)OC(C)(C)C. The summed E-state index contributed by atoms with van der Waals surface area (Å²) in [5.74, 6) is -5.01. The highest BCUT2D eigenvalue weighted by Gasteiger charge is 2.34. The van der Waals surface area contributed by atoms with E-state index in [2.05, 4.69) is 47.9 Å². The second-order valence-corrected chi connectivity index (χ2v) is 31.3. The number of unbranched alkanes of at least 4 members (excludes halogenated alkanes) is 2. The third-order valence-corrected chi connectivity index (χ3v) is 13.5. The summed E-state index contributed by atoms with van der Waals surface area (Å²) in [4.78, 5) is 153. The van der Waals surface area contributed by atoms with Crippen LogP contribution in [0.15, 0.2) is 0 Å². The number of carbonyl (C=O) groups excluding carboxylic acids is 12. The van der Waals surface area contributed by atoms with Crippen molar-refractivity contribution >= 4 is 71.5 Å². The molecule has 632 valence electrons. The van der Waals surface area contributed by atoms with E-state index < -0.39 is 106 Å². The van der Waals surface area contributed by atoms with Gasteiger partial charge in [-0.1, -0.05) is 0 Å². The number of ether oxygens (including phenoxy) is 14. The van der Waals surface area contributed by atoms with Crippen LogP contribution in [0.4, 0.5) is 9.59 Å². The lowest BCUT2D eigenvalue weighted by Crippen LogP contribution is -2.53. The molecule has 35 heteroatoms. The molecule has 0 saturated heterocycles. The summed E-state index contributed by atoms with van der Waals surface area (Å²) < 4.78 is 76.5. The smallest absolute Gasteiger partial charge is 0.329 e. The van der Waals surface area contributed by atoms with E-state index in [-0.39, 0.29) is 128 Å². The van der Waals surface area contributed by atoms with Crippen LogP contribution in [0.3, 0.4) is 0 Å². The van der Waals surface area contributed by atoms with Gasteiger partial charge in [0.05, 0.1) is 92.5 Å². The molecular weight excluding hydrogens is 1430 g/mol. The lowest BCUT2D eigenvalue weighted by atomic mass is 10.1. The Morgan fingerprint density at radius 2 is 0.486 bits per heavy atom. The number of urea groups is 2. The Morgan fingerprint density at radius 3 is 0.752 bits per heavy atom. The van der Waals surface area contributed by atoms with Crippen molar-refractivity contribution in [2.45, 2.75) is 259 Å². The average Bonchev–Trinajstić information content (AvgIpc) is 0.875. The summed E-state index contributed by atoms with van der Waals surface area (Å²) in [5.41, 5.74) is -4.95. The van der Waals surface area contributed by atoms with E-state index in [4.69, 9.17) is 66.3 Å². The maximum atomic E-state index is 13.2. The van der Waals surface area contributed by atoms with Crippen LogP contribution < -0.4 is 47.9 Å². The van der Waals surface area contributed by atoms with Crippen LogP contribution in [0.25, 0.3) is 0 Å². The van der Waals surface area contributed by atoms with E-state index in [0.717, 1.165) is 0 Å². The van der Waals surface area contributed by atoms with Crippen LogP contribution in [-0.2, 0) is 114 Å². The Hall–Kier alpha value is -7.12. The molecular formula is C74H135N9O26. The van der Waals surface area contributed by atoms with E-state index in [0.29, 0.717) is 118 Å². The lowest BCUT2D eigenvalue weighted by Gasteiger charge is -2.27. The van der Waals surface area contributed by atoms with Gasteiger partial charge in [-0.3, -0.25) is 28.8 Å². The molecule has 35 nitrogen and oxygen atoms in total. The molecule has 0 fully saturated rings. The Labute approximate surface area is 645 Å². The van der Waals surface area contributed by atoms with Crippen molar-refractivity contribution in [3.63, 3.8) is 0 Å². The molecule has 0 aliphatic heterocycles. The van der Waals surface area contributed by atoms with Gasteiger partial charge in [-0.25, -0.2) is 28.8 Å². The Kier molecular flexibility index (Phi) is 52.5. The first-order valence-electron chi connectivity index (χ1n) is 37.7. The molecule has 8 amide bonds. The topological polar surface area (TPSA) is 442 Å². The van der Waals surface area contributed by atoms with Crippen LogP contribution in [0.5, 0.6) is 0 Å². The zero-order valence-corrected chi connectivity index (χ0v) is 68.5. The molecule has 9 N–H and O–H groups in total. The summed E-state index contributed by atoms with van der Waals surface area (Å²) in [6, 6.07) is -6.30. The van der Waals surface area contributed by atoms with Gasteiger partial charge >= 0.3 is 47.9 Å². The molecule has 0 aromatic rings. The standard InChI is InChI=1S/C74H135N9O26/c1-69(2,3)104-61(88)27-25-55(65(92)108-73(13,14)15)82-67(94)80-53(63(90)106-71(7,8)9)23-19-21-31-76-59(86)51-102-49-47-100-45-43-98-41-39-96-37-35-78-57(84)29-33-75-34-30-58(85)79-36-38-97-40-42-99-44-46-101-48-50-103-52-60(87)77-32-22-20-24-54(64(91)107-72(10,11)12)81-68(95)83-56(66(93)109-74(16,17)18)26-28-62(89)105-70(4,5)6/h53-56,75H,19-52H2,1-18H3,(H,76,86)(H,77,87)(H,78,84)(H,79,85)(H2,80,82,94)(H2,81,83,95)/t53-,54-,55-,56-/m0/s1. The van der Waals surface area contributed by atoms with Gasteiger partial charge < -0.3 is 114 Å². The molecule has 0 aromatic heterocycles. The van der Waals surface area contributed by atoms with Crippen LogP contribution in [-0.4, -0.2) is 274 Å². The molecule has 0 radical (unpaired) electrons. The van der Waals surface area contributed by atoms with E-state index in [1.165, 1.54) is 0 Å². The normalized spacial score (nSPS) is 13.1. The van der Waals surface area contributed by atoms with Crippen molar-refractivity contribution in [2.24, 2.45) is 0 Å². The molecule has 0 rings (SSSR count). The number of rotatable bonds is 58. The van der Waals surface area contributed by atoms with Gasteiger partial charge in [0.15, 0.2) is 0 Å². The predicted molar refractivity (Wildman–Crippen MR) is 400 cm³/mol. The van der Waals surface area contributed by atoms with Crippen LogP contribution >= 0.6 is 0 Å². The number of nitrogens with one attached hydrogen (secondary N) is 9. The van der Waals surface area contributed by atoms with Crippen LogP contribution in [0.1, 0.15) is 202 Å². The summed E-state index contributed by atoms with van der Waals surface area (Å²) >= 11 is 0. The van der Waals surface area contributed by atoms with E-state index in [9.17, 15) is 57.5 Å². The molecule has 0 aliphatic rings. The molecule has 0 aliphatic carbocycles. The lowest BCUT2D eigenvalue weighted by molar-refractivity contribution is -0.160. The number of hydrogen-bond acceptors (Lipinski definition) is 27. The minimum atomic E-state index is -1.22. The summed E-state index contributed by atoms with van der Waals surface area (Å²) in [6.45, 7) is 35.9.